The second-order valence-electron chi connectivity index (χ2n) is 4.26. The van der Waals surface area contributed by atoms with Crippen molar-refractivity contribution in [2.75, 3.05) is 19.7 Å². The Morgan fingerprint density at radius 1 is 1.37 bits per heavy atom. The van der Waals surface area contributed by atoms with Crippen molar-refractivity contribution in [2.24, 2.45) is 0 Å². The molecule has 0 aliphatic heterocycles. The monoisotopic (exact) mass is 301 g/mol. The van der Waals surface area contributed by atoms with Gasteiger partial charge in [-0.15, -0.1) is 11.8 Å². The van der Waals surface area contributed by atoms with E-state index in [1.54, 1.807) is 4.90 Å². The maximum atomic E-state index is 12.3. The van der Waals surface area contributed by atoms with E-state index in [-0.39, 0.29) is 17.8 Å². The molecule has 1 atom stereocenters. The van der Waals surface area contributed by atoms with Crippen molar-refractivity contribution in [2.45, 2.75) is 30.4 Å². The van der Waals surface area contributed by atoms with Gasteiger partial charge in [0.1, 0.15) is 0 Å². The minimum atomic E-state index is -0.167. The fourth-order valence-corrected chi connectivity index (χ4v) is 2.82. The van der Waals surface area contributed by atoms with E-state index in [9.17, 15) is 4.79 Å². The van der Waals surface area contributed by atoms with Crippen LogP contribution in [0.3, 0.4) is 0 Å². The molecule has 5 heteroatoms. The van der Waals surface area contributed by atoms with E-state index >= 15 is 0 Å². The molecule has 0 aliphatic carbocycles. The Hall–Kier alpha value is -0.710. The lowest BCUT2D eigenvalue weighted by atomic mass is 10.3. The number of benzene rings is 1. The molecule has 3 nitrogen and oxygen atoms in total. The van der Waals surface area contributed by atoms with Gasteiger partial charge < -0.3 is 10.0 Å². The summed E-state index contributed by atoms with van der Waals surface area (Å²) in [6.45, 7) is 5.00. The van der Waals surface area contributed by atoms with Gasteiger partial charge in [0.05, 0.1) is 11.9 Å². The van der Waals surface area contributed by atoms with Crippen LogP contribution in [0.5, 0.6) is 0 Å². The van der Waals surface area contributed by atoms with Crippen molar-refractivity contribution in [3.63, 3.8) is 0 Å². The van der Waals surface area contributed by atoms with Crippen LogP contribution in [0.25, 0.3) is 0 Å². The summed E-state index contributed by atoms with van der Waals surface area (Å²) >= 11 is 7.34. The molecule has 1 N–H and O–H groups in total. The highest BCUT2D eigenvalue weighted by molar-refractivity contribution is 8.00. The number of hydrogen-bond acceptors (Lipinski definition) is 3. The van der Waals surface area contributed by atoms with Crippen LogP contribution in [0.1, 0.15) is 20.3 Å². The van der Waals surface area contributed by atoms with Gasteiger partial charge in [0.25, 0.3) is 0 Å². The number of amides is 1. The number of carbonyl (C=O) groups excluding carboxylic acids is 1. The van der Waals surface area contributed by atoms with Crippen molar-refractivity contribution < 1.29 is 9.90 Å². The summed E-state index contributed by atoms with van der Waals surface area (Å²) in [5, 5.41) is 9.52. The summed E-state index contributed by atoms with van der Waals surface area (Å²) < 4.78 is 0. The molecule has 1 amide bonds. The highest BCUT2D eigenvalue weighted by atomic mass is 35.5. The van der Waals surface area contributed by atoms with Gasteiger partial charge in [0.2, 0.25) is 5.91 Å². The van der Waals surface area contributed by atoms with Crippen LogP contribution < -0.4 is 0 Å². The summed E-state index contributed by atoms with van der Waals surface area (Å²) in [6, 6.07) is 7.46. The number of aliphatic hydroxyl groups excluding tert-OH is 1. The summed E-state index contributed by atoms with van der Waals surface area (Å²) in [6.07, 6.45) is 0.893. The Balaban J connectivity index is 2.62. The lowest BCUT2D eigenvalue weighted by Crippen LogP contribution is -2.39. The number of carbonyl (C=O) groups is 1. The van der Waals surface area contributed by atoms with Crippen molar-refractivity contribution in [1.29, 1.82) is 0 Å². The largest absolute Gasteiger partial charge is 0.395 e. The van der Waals surface area contributed by atoms with E-state index in [0.717, 1.165) is 11.3 Å². The Morgan fingerprint density at radius 2 is 2.00 bits per heavy atom. The van der Waals surface area contributed by atoms with Crippen LogP contribution >= 0.6 is 23.4 Å². The Bertz CT molecular complexity index is 391. The number of rotatable bonds is 7. The van der Waals surface area contributed by atoms with Gasteiger partial charge in [-0.05, 0) is 37.6 Å². The molecule has 1 aromatic rings. The summed E-state index contributed by atoms with van der Waals surface area (Å²) in [5.74, 6) is 0.0656. The highest BCUT2D eigenvalue weighted by Gasteiger charge is 2.20. The number of halogens is 1. The molecule has 1 aromatic carbocycles. The van der Waals surface area contributed by atoms with Crippen LogP contribution in [0.15, 0.2) is 29.2 Å². The van der Waals surface area contributed by atoms with Crippen LogP contribution in [0, 0.1) is 0 Å². The predicted molar refractivity (Wildman–Crippen MR) is 80.7 cm³/mol. The van der Waals surface area contributed by atoms with Gasteiger partial charge in [-0.2, -0.15) is 0 Å². The molecule has 19 heavy (non-hydrogen) atoms. The fourth-order valence-electron chi connectivity index (χ4n) is 1.75. The molecule has 0 bridgehead atoms. The third kappa shape index (κ3) is 5.43. The van der Waals surface area contributed by atoms with Crippen molar-refractivity contribution in [3.05, 3.63) is 29.3 Å². The molecular weight excluding hydrogens is 282 g/mol. The first-order chi connectivity index (χ1) is 9.08. The fraction of sp³-hybridized carbons (Fsp3) is 0.500. The topological polar surface area (TPSA) is 40.5 Å². The normalized spacial score (nSPS) is 12.2. The predicted octanol–water partition coefficient (Wildman–Crippen LogP) is 3.05. The van der Waals surface area contributed by atoms with Gasteiger partial charge in [-0.3, -0.25) is 4.79 Å². The molecule has 0 radical (unpaired) electrons. The maximum absolute atomic E-state index is 12.3. The van der Waals surface area contributed by atoms with Crippen molar-refractivity contribution in [1.82, 2.24) is 4.90 Å². The lowest BCUT2D eigenvalue weighted by molar-refractivity contribution is -0.130. The third-order valence-electron chi connectivity index (χ3n) is 2.65. The molecule has 1 rings (SSSR count). The first kappa shape index (κ1) is 16.3. The summed E-state index contributed by atoms with van der Waals surface area (Å²) in [7, 11) is 0. The molecule has 0 spiro atoms. The van der Waals surface area contributed by atoms with Gasteiger partial charge in [-0.1, -0.05) is 18.5 Å². The highest BCUT2D eigenvalue weighted by Crippen LogP contribution is 2.25. The standard InChI is InChI=1S/C14H20ClNO2S/c1-3-8-16(9-10-17)14(18)11(2)19-13-6-4-12(15)5-7-13/h4-7,11,17H,3,8-10H2,1-2H3. The molecule has 106 valence electrons. The molecule has 0 saturated heterocycles. The molecule has 0 heterocycles. The molecular formula is C14H20ClNO2S. The van der Waals surface area contributed by atoms with Crippen LogP contribution in [-0.2, 0) is 4.79 Å². The van der Waals surface area contributed by atoms with Crippen molar-refractivity contribution >= 4 is 29.3 Å². The average Bonchev–Trinajstić information content (AvgIpc) is 2.40. The smallest absolute Gasteiger partial charge is 0.235 e. The zero-order chi connectivity index (χ0) is 14.3. The van der Waals surface area contributed by atoms with Gasteiger partial charge in [0, 0.05) is 23.0 Å². The quantitative estimate of drug-likeness (QED) is 0.787. The molecule has 0 aromatic heterocycles. The average molecular weight is 302 g/mol. The van der Waals surface area contributed by atoms with E-state index in [1.165, 1.54) is 11.8 Å². The SMILES string of the molecule is CCCN(CCO)C(=O)C(C)Sc1ccc(Cl)cc1. The summed E-state index contributed by atoms with van der Waals surface area (Å²) in [4.78, 5) is 15.0. The maximum Gasteiger partial charge on any atom is 0.235 e. The molecule has 0 fully saturated rings. The number of aliphatic hydroxyl groups is 1. The Kier molecular flexibility index (Phi) is 7.28. The van der Waals surface area contributed by atoms with Crippen LogP contribution in [-0.4, -0.2) is 40.9 Å². The van der Waals surface area contributed by atoms with E-state index in [1.807, 2.05) is 38.1 Å². The summed E-state index contributed by atoms with van der Waals surface area (Å²) in [5.41, 5.74) is 0. The van der Waals surface area contributed by atoms with Gasteiger partial charge in [-0.25, -0.2) is 0 Å². The van der Waals surface area contributed by atoms with Gasteiger partial charge >= 0.3 is 0 Å². The zero-order valence-corrected chi connectivity index (χ0v) is 12.9. The van der Waals surface area contributed by atoms with E-state index in [0.29, 0.717) is 18.1 Å². The van der Waals surface area contributed by atoms with E-state index in [4.69, 9.17) is 16.7 Å². The molecule has 0 aliphatic rings. The third-order valence-corrected chi connectivity index (χ3v) is 4.00. The van der Waals surface area contributed by atoms with Crippen LogP contribution in [0.2, 0.25) is 5.02 Å². The first-order valence-electron chi connectivity index (χ1n) is 6.40. The minimum Gasteiger partial charge on any atom is -0.395 e. The van der Waals surface area contributed by atoms with Crippen molar-refractivity contribution in [3.8, 4) is 0 Å². The van der Waals surface area contributed by atoms with E-state index in [2.05, 4.69) is 0 Å². The second-order valence-corrected chi connectivity index (χ2v) is 6.11. The van der Waals surface area contributed by atoms with Gasteiger partial charge in [0.15, 0.2) is 0 Å². The lowest BCUT2D eigenvalue weighted by Gasteiger charge is -2.24. The number of thioether (sulfide) groups is 1. The number of nitrogens with zero attached hydrogens (tertiary/aromatic N) is 1. The molecule has 1 unspecified atom stereocenters. The second kappa shape index (κ2) is 8.46. The minimum absolute atomic E-state index is 0.00404. The van der Waals surface area contributed by atoms with E-state index < -0.39 is 0 Å². The number of hydrogen-bond donors (Lipinski definition) is 1. The van der Waals surface area contributed by atoms with Crippen LogP contribution in [0.4, 0.5) is 0 Å². The first-order valence-corrected chi connectivity index (χ1v) is 7.66. The molecule has 0 saturated carbocycles. The Morgan fingerprint density at radius 3 is 2.53 bits per heavy atom. The zero-order valence-electron chi connectivity index (χ0n) is 11.3. The Labute approximate surface area is 123 Å².